The van der Waals surface area contributed by atoms with Gasteiger partial charge in [-0.25, -0.2) is 4.39 Å². The minimum atomic E-state index is -0.227. The van der Waals surface area contributed by atoms with Gasteiger partial charge in [-0.1, -0.05) is 6.92 Å². The Morgan fingerprint density at radius 1 is 1.50 bits per heavy atom. The van der Waals surface area contributed by atoms with Gasteiger partial charge in [0, 0.05) is 18.7 Å². The maximum atomic E-state index is 13.2. The SMILES string of the molecule is CCC1CNc2cc(Br)c(F)cc2N1. The van der Waals surface area contributed by atoms with Crippen molar-refractivity contribution in [1.82, 2.24) is 0 Å². The number of hydrogen-bond donors (Lipinski definition) is 2. The predicted molar refractivity (Wildman–Crippen MR) is 60.3 cm³/mol. The van der Waals surface area contributed by atoms with E-state index in [0.29, 0.717) is 10.5 Å². The first kappa shape index (κ1) is 9.77. The maximum Gasteiger partial charge on any atom is 0.139 e. The Bertz CT molecular complexity index is 354. The maximum absolute atomic E-state index is 13.2. The van der Waals surface area contributed by atoms with Gasteiger partial charge in [0.15, 0.2) is 0 Å². The normalized spacial score (nSPS) is 19.5. The fourth-order valence-corrected chi connectivity index (χ4v) is 1.91. The highest BCUT2D eigenvalue weighted by atomic mass is 79.9. The van der Waals surface area contributed by atoms with Crippen LogP contribution < -0.4 is 10.6 Å². The van der Waals surface area contributed by atoms with Gasteiger partial charge in [-0.3, -0.25) is 0 Å². The highest BCUT2D eigenvalue weighted by Crippen LogP contribution is 2.31. The van der Waals surface area contributed by atoms with E-state index in [0.717, 1.165) is 24.3 Å². The molecule has 1 atom stereocenters. The Morgan fingerprint density at radius 2 is 2.29 bits per heavy atom. The highest BCUT2D eigenvalue weighted by Gasteiger charge is 2.17. The van der Waals surface area contributed by atoms with Crippen LogP contribution in [0.5, 0.6) is 0 Å². The molecule has 4 heteroatoms. The second-order valence-corrected chi connectivity index (χ2v) is 4.30. The average molecular weight is 259 g/mol. The van der Waals surface area contributed by atoms with Crippen LogP contribution in [-0.4, -0.2) is 12.6 Å². The molecule has 0 aliphatic carbocycles. The average Bonchev–Trinajstić information content (AvgIpc) is 2.19. The van der Waals surface area contributed by atoms with E-state index in [9.17, 15) is 4.39 Å². The van der Waals surface area contributed by atoms with Crippen LogP contribution >= 0.6 is 15.9 Å². The molecule has 1 heterocycles. The molecule has 0 saturated carbocycles. The molecule has 0 amide bonds. The van der Waals surface area contributed by atoms with Crippen molar-refractivity contribution in [2.45, 2.75) is 19.4 Å². The summed E-state index contributed by atoms with van der Waals surface area (Å²) in [5, 5.41) is 6.56. The third kappa shape index (κ3) is 1.71. The topological polar surface area (TPSA) is 24.1 Å². The number of benzene rings is 1. The summed E-state index contributed by atoms with van der Waals surface area (Å²) in [5.41, 5.74) is 1.81. The van der Waals surface area contributed by atoms with Gasteiger partial charge >= 0.3 is 0 Å². The molecule has 14 heavy (non-hydrogen) atoms. The minimum Gasteiger partial charge on any atom is -0.381 e. The largest absolute Gasteiger partial charge is 0.381 e. The second kappa shape index (κ2) is 3.77. The molecule has 0 spiro atoms. The summed E-state index contributed by atoms with van der Waals surface area (Å²) < 4.78 is 13.7. The fourth-order valence-electron chi connectivity index (χ4n) is 1.56. The van der Waals surface area contributed by atoms with Crippen molar-refractivity contribution in [2.24, 2.45) is 0 Å². The smallest absolute Gasteiger partial charge is 0.139 e. The zero-order chi connectivity index (χ0) is 10.1. The van der Waals surface area contributed by atoms with Crippen LogP contribution in [0.15, 0.2) is 16.6 Å². The number of rotatable bonds is 1. The Balaban J connectivity index is 2.33. The summed E-state index contributed by atoms with van der Waals surface area (Å²) in [4.78, 5) is 0. The van der Waals surface area contributed by atoms with Crippen LogP contribution in [0, 0.1) is 5.82 Å². The number of fused-ring (bicyclic) bond motifs is 1. The van der Waals surface area contributed by atoms with Gasteiger partial charge in [-0.15, -0.1) is 0 Å². The second-order valence-electron chi connectivity index (χ2n) is 3.44. The Morgan fingerprint density at radius 3 is 3.00 bits per heavy atom. The van der Waals surface area contributed by atoms with Gasteiger partial charge in [0.2, 0.25) is 0 Å². The van der Waals surface area contributed by atoms with Crippen LogP contribution in [0.25, 0.3) is 0 Å². The van der Waals surface area contributed by atoms with Crippen LogP contribution in [0.3, 0.4) is 0 Å². The summed E-state index contributed by atoms with van der Waals surface area (Å²) in [6, 6.07) is 3.68. The van der Waals surface area contributed by atoms with Crippen LogP contribution in [-0.2, 0) is 0 Å². The van der Waals surface area contributed by atoms with E-state index in [4.69, 9.17) is 0 Å². The predicted octanol–water partition coefficient (Wildman–Crippen LogP) is 3.20. The van der Waals surface area contributed by atoms with Gasteiger partial charge in [0.25, 0.3) is 0 Å². The molecular weight excluding hydrogens is 247 g/mol. The van der Waals surface area contributed by atoms with Crippen LogP contribution in [0.1, 0.15) is 13.3 Å². The summed E-state index contributed by atoms with van der Waals surface area (Å²) >= 11 is 3.16. The fraction of sp³-hybridized carbons (Fsp3) is 0.400. The lowest BCUT2D eigenvalue weighted by Gasteiger charge is -2.27. The molecule has 1 aliphatic rings. The number of halogens is 2. The third-order valence-electron chi connectivity index (χ3n) is 2.45. The Kier molecular flexibility index (Phi) is 2.63. The van der Waals surface area contributed by atoms with E-state index >= 15 is 0 Å². The molecule has 1 aromatic carbocycles. The van der Waals surface area contributed by atoms with Gasteiger partial charge in [0.05, 0.1) is 15.8 Å². The molecule has 1 aromatic rings. The first-order valence-corrected chi connectivity index (χ1v) is 5.49. The van der Waals surface area contributed by atoms with E-state index in [1.54, 1.807) is 6.07 Å². The van der Waals surface area contributed by atoms with Gasteiger partial charge in [0.1, 0.15) is 5.82 Å². The lowest BCUT2D eigenvalue weighted by atomic mass is 10.1. The van der Waals surface area contributed by atoms with Crippen LogP contribution in [0.2, 0.25) is 0 Å². The standard InChI is InChI=1S/C10H12BrFN2/c1-2-6-5-13-9-3-7(11)8(12)4-10(9)14-6/h3-4,6,13-14H,2,5H2,1H3. The number of anilines is 2. The van der Waals surface area contributed by atoms with Gasteiger partial charge < -0.3 is 10.6 Å². The number of nitrogens with one attached hydrogen (secondary N) is 2. The van der Waals surface area contributed by atoms with Crippen molar-refractivity contribution in [3.8, 4) is 0 Å². The highest BCUT2D eigenvalue weighted by molar-refractivity contribution is 9.10. The molecule has 1 aliphatic heterocycles. The molecule has 2 rings (SSSR count). The molecule has 1 unspecified atom stereocenters. The van der Waals surface area contributed by atoms with Gasteiger partial charge in [-0.05, 0) is 28.4 Å². The van der Waals surface area contributed by atoms with Crippen molar-refractivity contribution in [3.05, 3.63) is 22.4 Å². The summed E-state index contributed by atoms with van der Waals surface area (Å²) in [5.74, 6) is -0.227. The number of hydrogen-bond acceptors (Lipinski definition) is 2. The first-order valence-electron chi connectivity index (χ1n) is 4.70. The van der Waals surface area contributed by atoms with Crippen molar-refractivity contribution in [1.29, 1.82) is 0 Å². The van der Waals surface area contributed by atoms with Crippen molar-refractivity contribution in [2.75, 3.05) is 17.2 Å². The molecule has 2 N–H and O–H groups in total. The third-order valence-corrected chi connectivity index (χ3v) is 3.06. The van der Waals surface area contributed by atoms with E-state index < -0.39 is 0 Å². The molecule has 2 nitrogen and oxygen atoms in total. The van der Waals surface area contributed by atoms with E-state index in [1.807, 2.05) is 0 Å². The lowest BCUT2D eigenvalue weighted by molar-refractivity contribution is 0.619. The Hall–Kier alpha value is -0.770. The zero-order valence-electron chi connectivity index (χ0n) is 7.90. The van der Waals surface area contributed by atoms with Crippen molar-refractivity contribution >= 4 is 27.3 Å². The van der Waals surface area contributed by atoms with E-state index in [2.05, 4.69) is 33.5 Å². The van der Waals surface area contributed by atoms with E-state index in [1.165, 1.54) is 6.07 Å². The van der Waals surface area contributed by atoms with E-state index in [-0.39, 0.29) is 5.82 Å². The zero-order valence-corrected chi connectivity index (χ0v) is 9.49. The molecule has 0 radical (unpaired) electrons. The minimum absolute atomic E-state index is 0.227. The summed E-state index contributed by atoms with van der Waals surface area (Å²) in [6.07, 6.45) is 1.03. The monoisotopic (exact) mass is 258 g/mol. The quantitative estimate of drug-likeness (QED) is 0.809. The van der Waals surface area contributed by atoms with Crippen molar-refractivity contribution in [3.63, 3.8) is 0 Å². The molecule has 76 valence electrons. The molecular formula is C10H12BrFN2. The van der Waals surface area contributed by atoms with Gasteiger partial charge in [-0.2, -0.15) is 0 Å². The first-order chi connectivity index (χ1) is 6.70. The molecule has 0 fully saturated rings. The molecule has 0 bridgehead atoms. The van der Waals surface area contributed by atoms with Crippen molar-refractivity contribution < 1.29 is 4.39 Å². The summed E-state index contributed by atoms with van der Waals surface area (Å²) in [6.45, 7) is 3.00. The van der Waals surface area contributed by atoms with Crippen LogP contribution in [0.4, 0.5) is 15.8 Å². The summed E-state index contributed by atoms with van der Waals surface area (Å²) in [7, 11) is 0. The Labute approximate surface area is 91.0 Å². The lowest BCUT2D eigenvalue weighted by Crippen LogP contribution is -2.32. The molecule has 0 aromatic heterocycles. The molecule has 0 saturated heterocycles.